The molecule has 158 valence electrons. The van der Waals surface area contributed by atoms with E-state index < -0.39 is 21.5 Å². The fourth-order valence-corrected chi connectivity index (χ4v) is 6.90. The van der Waals surface area contributed by atoms with Gasteiger partial charge in [0.25, 0.3) is 0 Å². The van der Waals surface area contributed by atoms with Crippen LogP contribution in [0.3, 0.4) is 0 Å². The number of phenols is 1. The van der Waals surface area contributed by atoms with Gasteiger partial charge in [0.05, 0.1) is 29.2 Å². The SMILES string of the molecule is O=C1OC(S(=O)(=O)[O-])c2c(Cl)c(Cl)c(Cl)c(Cl)c21.Oc1cc(I)c(I)c(I)c1I.[Li+]. The van der Waals surface area contributed by atoms with E-state index in [1.54, 1.807) is 6.07 Å². The van der Waals surface area contributed by atoms with E-state index in [0.717, 1.165) is 10.7 Å². The van der Waals surface area contributed by atoms with Gasteiger partial charge in [-0.2, -0.15) is 0 Å². The van der Waals surface area contributed by atoms with Crippen LogP contribution >= 0.6 is 137 Å². The molecule has 2 aromatic rings. The Morgan fingerprint density at radius 1 is 0.933 bits per heavy atom. The van der Waals surface area contributed by atoms with Crippen molar-refractivity contribution in [1.82, 2.24) is 0 Å². The van der Waals surface area contributed by atoms with Gasteiger partial charge in [-0.3, -0.25) is 0 Å². The van der Waals surface area contributed by atoms with Gasteiger partial charge in [0, 0.05) is 16.3 Å². The molecule has 16 heteroatoms. The zero-order valence-corrected chi connectivity index (χ0v) is 26.5. The van der Waals surface area contributed by atoms with Gasteiger partial charge in [-0.05, 0) is 96.4 Å². The molecule has 0 amide bonds. The van der Waals surface area contributed by atoms with Crippen molar-refractivity contribution in [3.63, 3.8) is 0 Å². The zero-order valence-electron chi connectivity index (χ0n) is 14.1. The summed E-state index contributed by atoms with van der Waals surface area (Å²) >= 11 is 31.8. The number of hydrogen-bond donors (Lipinski definition) is 1. The molecule has 1 unspecified atom stereocenters. The standard InChI is InChI=1S/C8H2Cl4O5S.C6H2I4O.Li/c9-3-1-2(4(10)6(12)5(3)11)8(17-7(1)13)18(14,15)16;7-2-1-3(11)5(9)6(10)4(2)8;/h8H,(H,14,15,16);1,11H;/q;;+1/p-1. The molecule has 0 aliphatic carbocycles. The quantitative estimate of drug-likeness (QED) is 0.117. The molecule has 30 heavy (non-hydrogen) atoms. The van der Waals surface area contributed by atoms with E-state index in [-0.39, 0.29) is 50.1 Å². The van der Waals surface area contributed by atoms with Crippen LogP contribution in [0.1, 0.15) is 21.4 Å². The van der Waals surface area contributed by atoms with Crippen LogP contribution in [0.4, 0.5) is 0 Å². The Balaban J connectivity index is 0.000000324. The number of esters is 1. The Morgan fingerprint density at radius 2 is 1.43 bits per heavy atom. The summed E-state index contributed by atoms with van der Waals surface area (Å²) in [7, 11) is -4.96. The van der Waals surface area contributed by atoms with Crippen LogP contribution in [0, 0.1) is 14.3 Å². The second-order valence-corrected chi connectivity index (χ2v) is 12.4. The van der Waals surface area contributed by atoms with Crippen LogP contribution < -0.4 is 18.9 Å². The molecule has 0 spiro atoms. The van der Waals surface area contributed by atoms with E-state index in [9.17, 15) is 22.9 Å². The molecule has 1 aliphatic heterocycles. The number of ether oxygens (including phenoxy) is 1. The van der Waals surface area contributed by atoms with Crippen molar-refractivity contribution in [1.29, 1.82) is 0 Å². The third-order valence-electron chi connectivity index (χ3n) is 3.30. The van der Waals surface area contributed by atoms with Gasteiger partial charge < -0.3 is 14.4 Å². The Morgan fingerprint density at radius 3 is 1.93 bits per heavy atom. The summed E-state index contributed by atoms with van der Waals surface area (Å²) in [5.74, 6) is -0.722. The molecule has 6 nitrogen and oxygen atoms in total. The third-order valence-corrected chi connectivity index (χ3v) is 13.2. The molecular formula is C14H3Cl4I4LiO6S. The summed E-state index contributed by atoms with van der Waals surface area (Å²) in [6.07, 6.45) is 0. The first-order valence-corrected chi connectivity index (χ1v) is 14.0. The number of fused-ring (bicyclic) bond motifs is 1. The summed E-state index contributed by atoms with van der Waals surface area (Å²) in [5, 5.41) is 8.25. The van der Waals surface area contributed by atoms with Crippen LogP contribution in [0.5, 0.6) is 5.75 Å². The number of aromatic hydroxyl groups is 1. The number of halogens is 8. The molecule has 0 bridgehead atoms. The fraction of sp³-hybridized carbons (Fsp3) is 0.0714. The van der Waals surface area contributed by atoms with Gasteiger partial charge in [0.2, 0.25) is 5.44 Å². The van der Waals surface area contributed by atoms with Crippen molar-refractivity contribution in [3.05, 3.63) is 51.6 Å². The minimum absolute atomic E-state index is 0. The van der Waals surface area contributed by atoms with Gasteiger partial charge >= 0.3 is 24.8 Å². The second-order valence-electron chi connectivity index (χ2n) is 5.09. The van der Waals surface area contributed by atoms with E-state index in [1.165, 1.54) is 3.57 Å². The first-order valence-electron chi connectivity index (χ1n) is 6.73. The average molecular weight is 956 g/mol. The molecule has 0 fully saturated rings. The smallest absolute Gasteiger partial charge is 0.745 e. The molecular weight excluding hydrogens is 953 g/mol. The molecule has 1 N–H and O–H groups in total. The maximum absolute atomic E-state index is 11.5. The molecule has 1 heterocycles. The van der Waals surface area contributed by atoms with Crippen LogP contribution in [0.15, 0.2) is 6.07 Å². The molecule has 3 rings (SSSR count). The number of hydrogen-bond acceptors (Lipinski definition) is 6. The van der Waals surface area contributed by atoms with Crippen LogP contribution in [-0.4, -0.2) is 24.0 Å². The molecule has 1 aliphatic rings. The Bertz CT molecular complexity index is 1120. The fourth-order valence-electron chi connectivity index (χ4n) is 2.05. The first-order chi connectivity index (χ1) is 13.2. The van der Waals surface area contributed by atoms with Gasteiger partial charge in [0.15, 0.2) is 0 Å². The summed E-state index contributed by atoms with van der Waals surface area (Å²) in [5.41, 5.74) is -2.81. The molecule has 2 aromatic carbocycles. The summed E-state index contributed by atoms with van der Waals surface area (Å²) in [4.78, 5) is 11.5. The van der Waals surface area contributed by atoms with Crippen molar-refractivity contribution >= 4 is 153 Å². The van der Waals surface area contributed by atoms with Crippen molar-refractivity contribution < 1.29 is 46.5 Å². The minimum atomic E-state index is -4.96. The number of carbonyl (C=O) groups excluding carboxylic acids is 1. The predicted octanol–water partition coefficient (Wildman–Crippen LogP) is 3.83. The number of phenolic OH excluding ortho intramolecular Hbond substituents is 1. The van der Waals surface area contributed by atoms with E-state index in [1.807, 2.05) is 0 Å². The van der Waals surface area contributed by atoms with E-state index >= 15 is 0 Å². The normalized spacial score (nSPS) is 15.0. The largest absolute Gasteiger partial charge is 1.00 e. The molecule has 0 aromatic heterocycles. The molecule has 0 radical (unpaired) electrons. The van der Waals surface area contributed by atoms with E-state index in [4.69, 9.17) is 46.4 Å². The number of carbonyl (C=O) groups is 1. The topological polar surface area (TPSA) is 104 Å². The zero-order chi connectivity index (χ0) is 22.4. The van der Waals surface area contributed by atoms with Crippen molar-refractivity contribution in [3.8, 4) is 5.75 Å². The van der Waals surface area contributed by atoms with Crippen molar-refractivity contribution in [2.24, 2.45) is 0 Å². The van der Waals surface area contributed by atoms with Crippen LogP contribution in [0.25, 0.3) is 0 Å². The maximum Gasteiger partial charge on any atom is 1.00 e. The van der Waals surface area contributed by atoms with Crippen molar-refractivity contribution in [2.45, 2.75) is 5.44 Å². The third kappa shape index (κ3) is 6.29. The first kappa shape index (κ1) is 30.3. The number of cyclic esters (lactones) is 1. The average Bonchev–Trinajstić information content (AvgIpc) is 2.99. The van der Waals surface area contributed by atoms with Gasteiger partial charge in [-0.25, -0.2) is 13.2 Å². The predicted molar refractivity (Wildman–Crippen MR) is 143 cm³/mol. The minimum Gasteiger partial charge on any atom is -0.745 e. The van der Waals surface area contributed by atoms with Gasteiger partial charge in [-0.15, -0.1) is 0 Å². The van der Waals surface area contributed by atoms with E-state index in [0.29, 0.717) is 5.75 Å². The van der Waals surface area contributed by atoms with Crippen LogP contribution in [0.2, 0.25) is 20.1 Å². The molecule has 0 saturated heterocycles. The second kappa shape index (κ2) is 11.8. The Hall–Kier alpha value is 2.30. The summed E-state index contributed by atoms with van der Waals surface area (Å²) in [6, 6.07) is 1.78. The van der Waals surface area contributed by atoms with Crippen LogP contribution in [-0.2, 0) is 14.9 Å². The maximum atomic E-state index is 11.5. The monoisotopic (exact) mass is 953 g/mol. The Labute approximate surface area is 257 Å². The molecule has 0 saturated carbocycles. The molecule has 1 atom stereocenters. The summed E-state index contributed by atoms with van der Waals surface area (Å²) in [6.45, 7) is 0. The van der Waals surface area contributed by atoms with Gasteiger partial charge in [0.1, 0.15) is 15.9 Å². The van der Waals surface area contributed by atoms with Gasteiger partial charge in [-0.1, -0.05) is 46.4 Å². The number of benzene rings is 2. The Kier molecular flexibility index (Phi) is 12.0. The summed E-state index contributed by atoms with van der Waals surface area (Å²) < 4.78 is 41.8. The van der Waals surface area contributed by atoms with E-state index in [2.05, 4.69) is 95.1 Å². The number of rotatable bonds is 1. The van der Waals surface area contributed by atoms with Crippen molar-refractivity contribution in [2.75, 3.05) is 0 Å².